The highest BCUT2D eigenvalue weighted by Gasteiger charge is 2.30. The molecule has 2 heteroatoms. The van der Waals surface area contributed by atoms with E-state index >= 15 is 0 Å². The van der Waals surface area contributed by atoms with E-state index in [1.54, 1.807) is 0 Å². The van der Waals surface area contributed by atoms with Crippen molar-refractivity contribution in [3.8, 4) is 5.75 Å². The Balaban J connectivity index is 1.68. The first-order valence-electron chi connectivity index (χ1n) is 6.10. The Labute approximate surface area is 95.6 Å². The molecule has 0 heterocycles. The van der Waals surface area contributed by atoms with E-state index < -0.39 is 0 Å². The lowest BCUT2D eigenvalue weighted by Crippen LogP contribution is -2.03. The number of rotatable bonds is 5. The van der Waals surface area contributed by atoms with Crippen molar-refractivity contribution < 1.29 is 9.53 Å². The van der Waals surface area contributed by atoms with Crippen molar-refractivity contribution in [3.05, 3.63) is 29.8 Å². The molecule has 1 aromatic rings. The van der Waals surface area contributed by atoms with Crippen molar-refractivity contribution in [2.24, 2.45) is 11.8 Å². The van der Waals surface area contributed by atoms with Crippen LogP contribution in [-0.2, 0) is 0 Å². The van der Waals surface area contributed by atoms with Gasteiger partial charge in [-0.3, -0.25) is 4.79 Å². The Kier molecular flexibility index (Phi) is 2.43. The minimum Gasteiger partial charge on any atom is -0.493 e. The highest BCUT2D eigenvalue weighted by Crippen LogP contribution is 2.33. The first-order valence-corrected chi connectivity index (χ1v) is 6.10. The third kappa shape index (κ3) is 2.26. The Morgan fingerprint density at radius 3 is 2.75 bits per heavy atom. The van der Waals surface area contributed by atoms with Crippen LogP contribution in [0.1, 0.15) is 36.0 Å². The van der Waals surface area contributed by atoms with Gasteiger partial charge in [0.2, 0.25) is 0 Å². The lowest BCUT2D eigenvalue weighted by molar-refractivity contribution is 0.0967. The molecule has 2 saturated carbocycles. The van der Waals surface area contributed by atoms with Crippen molar-refractivity contribution in [2.45, 2.75) is 25.7 Å². The summed E-state index contributed by atoms with van der Waals surface area (Å²) in [6.45, 7) is 0.807. The van der Waals surface area contributed by atoms with Crippen LogP contribution in [0.4, 0.5) is 0 Å². The number of hydrogen-bond acceptors (Lipinski definition) is 2. The number of benzene rings is 1. The Bertz CT molecular complexity index is 403. The number of ether oxygens (including phenoxy) is 1. The van der Waals surface area contributed by atoms with Gasteiger partial charge in [-0.25, -0.2) is 0 Å². The summed E-state index contributed by atoms with van der Waals surface area (Å²) in [5.74, 6) is 2.18. The smallest absolute Gasteiger partial charge is 0.166 e. The highest BCUT2D eigenvalue weighted by molar-refractivity contribution is 5.99. The molecule has 1 aromatic carbocycles. The van der Waals surface area contributed by atoms with Crippen molar-refractivity contribution in [2.75, 3.05) is 6.61 Å². The largest absolute Gasteiger partial charge is 0.493 e. The highest BCUT2D eigenvalue weighted by atomic mass is 16.5. The maximum Gasteiger partial charge on any atom is 0.166 e. The maximum atomic E-state index is 11.9. The van der Waals surface area contributed by atoms with Gasteiger partial charge >= 0.3 is 0 Å². The SMILES string of the molecule is O=C(c1cccc(OCC2CC2)c1)C1CC1. The molecule has 3 rings (SSSR count). The number of Topliss-reactive ketones (excluding diaryl/α,β-unsaturated/α-hetero) is 1. The lowest BCUT2D eigenvalue weighted by Gasteiger charge is -2.06. The van der Waals surface area contributed by atoms with Crippen LogP contribution < -0.4 is 4.74 Å². The molecule has 0 unspecified atom stereocenters. The van der Waals surface area contributed by atoms with E-state index in [1.807, 2.05) is 24.3 Å². The summed E-state index contributed by atoms with van der Waals surface area (Å²) in [6.07, 6.45) is 4.71. The normalized spacial score (nSPS) is 19.5. The molecular formula is C14H16O2. The molecule has 0 spiro atoms. The van der Waals surface area contributed by atoms with Gasteiger partial charge in [0.15, 0.2) is 5.78 Å². The second-order valence-corrected chi connectivity index (χ2v) is 4.92. The van der Waals surface area contributed by atoms with E-state index in [-0.39, 0.29) is 5.78 Å². The molecule has 0 radical (unpaired) electrons. The van der Waals surface area contributed by atoms with Crippen LogP contribution in [0.5, 0.6) is 5.75 Å². The zero-order valence-electron chi connectivity index (χ0n) is 9.32. The van der Waals surface area contributed by atoms with Gasteiger partial charge in [-0.1, -0.05) is 12.1 Å². The van der Waals surface area contributed by atoms with Gasteiger partial charge in [0.25, 0.3) is 0 Å². The van der Waals surface area contributed by atoms with E-state index in [2.05, 4.69) is 0 Å². The van der Waals surface area contributed by atoms with Crippen LogP contribution >= 0.6 is 0 Å². The average Bonchev–Trinajstić information content (AvgIpc) is 3.18. The fourth-order valence-electron chi connectivity index (χ4n) is 1.82. The fourth-order valence-corrected chi connectivity index (χ4v) is 1.82. The van der Waals surface area contributed by atoms with Crippen molar-refractivity contribution in [1.82, 2.24) is 0 Å². The molecule has 0 aliphatic heterocycles. The minimum absolute atomic E-state index is 0.289. The van der Waals surface area contributed by atoms with E-state index in [9.17, 15) is 4.79 Å². The monoisotopic (exact) mass is 216 g/mol. The summed E-state index contributed by atoms with van der Waals surface area (Å²) < 4.78 is 5.67. The zero-order valence-corrected chi connectivity index (χ0v) is 9.32. The van der Waals surface area contributed by atoms with Crippen LogP contribution in [-0.4, -0.2) is 12.4 Å². The Morgan fingerprint density at radius 2 is 2.06 bits per heavy atom. The van der Waals surface area contributed by atoms with Crippen LogP contribution in [0.25, 0.3) is 0 Å². The third-order valence-electron chi connectivity index (χ3n) is 3.25. The molecule has 2 nitrogen and oxygen atoms in total. The van der Waals surface area contributed by atoms with Gasteiger partial charge in [0.05, 0.1) is 6.61 Å². The number of carbonyl (C=O) groups is 1. The zero-order chi connectivity index (χ0) is 11.0. The number of hydrogen-bond donors (Lipinski definition) is 0. The second kappa shape index (κ2) is 3.93. The van der Waals surface area contributed by atoms with E-state index in [0.29, 0.717) is 5.92 Å². The molecule has 0 saturated heterocycles. The summed E-state index contributed by atoms with van der Waals surface area (Å²) in [5.41, 5.74) is 0.816. The van der Waals surface area contributed by atoms with Crippen LogP contribution in [0.15, 0.2) is 24.3 Å². The molecule has 2 aliphatic carbocycles. The Morgan fingerprint density at radius 1 is 1.25 bits per heavy atom. The molecular weight excluding hydrogens is 200 g/mol. The predicted octanol–water partition coefficient (Wildman–Crippen LogP) is 3.07. The molecule has 0 bridgehead atoms. The van der Waals surface area contributed by atoms with Gasteiger partial charge in [0, 0.05) is 11.5 Å². The average molecular weight is 216 g/mol. The maximum absolute atomic E-state index is 11.9. The van der Waals surface area contributed by atoms with Crippen LogP contribution in [0.2, 0.25) is 0 Å². The summed E-state index contributed by atoms with van der Waals surface area (Å²) in [4.78, 5) is 11.9. The molecule has 0 N–H and O–H groups in total. The molecule has 2 fully saturated rings. The summed E-state index contributed by atoms with van der Waals surface area (Å²) >= 11 is 0. The van der Waals surface area contributed by atoms with Crippen LogP contribution in [0.3, 0.4) is 0 Å². The predicted molar refractivity (Wildman–Crippen MR) is 61.7 cm³/mol. The minimum atomic E-state index is 0.289. The van der Waals surface area contributed by atoms with E-state index in [0.717, 1.165) is 36.7 Å². The lowest BCUT2D eigenvalue weighted by atomic mass is 10.1. The van der Waals surface area contributed by atoms with E-state index in [1.165, 1.54) is 12.8 Å². The summed E-state index contributed by atoms with van der Waals surface area (Å²) in [6, 6.07) is 7.64. The van der Waals surface area contributed by atoms with Crippen LogP contribution in [0, 0.1) is 11.8 Å². The molecule has 0 amide bonds. The van der Waals surface area contributed by atoms with Gasteiger partial charge in [0.1, 0.15) is 5.75 Å². The first kappa shape index (κ1) is 9.88. The molecule has 16 heavy (non-hydrogen) atoms. The first-order chi connectivity index (χ1) is 7.83. The van der Waals surface area contributed by atoms with Crippen molar-refractivity contribution >= 4 is 5.78 Å². The summed E-state index contributed by atoms with van der Waals surface area (Å²) in [7, 11) is 0. The third-order valence-corrected chi connectivity index (χ3v) is 3.25. The second-order valence-electron chi connectivity index (χ2n) is 4.92. The van der Waals surface area contributed by atoms with Crippen molar-refractivity contribution in [3.63, 3.8) is 0 Å². The van der Waals surface area contributed by atoms with Crippen molar-refractivity contribution in [1.29, 1.82) is 0 Å². The fraction of sp³-hybridized carbons (Fsp3) is 0.500. The molecule has 84 valence electrons. The quantitative estimate of drug-likeness (QED) is 0.707. The van der Waals surface area contributed by atoms with Gasteiger partial charge in [-0.2, -0.15) is 0 Å². The topological polar surface area (TPSA) is 26.3 Å². The van der Waals surface area contributed by atoms with Gasteiger partial charge < -0.3 is 4.74 Å². The molecule has 0 atom stereocenters. The summed E-state index contributed by atoms with van der Waals surface area (Å²) in [5, 5.41) is 0. The number of carbonyl (C=O) groups excluding carboxylic acids is 1. The van der Waals surface area contributed by atoms with Gasteiger partial charge in [-0.05, 0) is 43.7 Å². The molecule has 2 aliphatic rings. The molecule has 0 aromatic heterocycles. The van der Waals surface area contributed by atoms with Gasteiger partial charge in [-0.15, -0.1) is 0 Å². The Hall–Kier alpha value is -1.31. The number of ketones is 1. The standard InChI is InChI=1S/C14H16O2/c15-14(11-6-7-11)12-2-1-3-13(8-12)16-9-10-4-5-10/h1-3,8,10-11H,4-7,9H2. The van der Waals surface area contributed by atoms with E-state index in [4.69, 9.17) is 4.74 Å².